The van der Waals surface area contributed by atoms with E-state index in [9.17, 15) is 18.3 Å². The van der Waals surface area contributed by atoms with E-state index in [-0.39, 0.29) is 31.3 Å². The number of halogens is 3. The Labute approximate surface area is 183 Å². The number of phenolic OH excluding ortho intramolecular Hbond substituents is 1. The van der Waals surface area contributed by atoms with E-state index in [4.69, 9.17) is 34.8 Å². The zero-order valence-electron chi connectivity index (χ0n) is 15.0. The number of phenols is 1. The Kier molecular flexibility index (Phi) is 6.80. The van der Waals surface area contributed by atoms with Crippen molar-refractivity contribution in [2.24, 2.45) is 0 Å². The largest absolute Gasteiger partial charge is 0.504 e. The molecule has 4 N–H and O–H groups in total. The van der Waals surface area contributed by atoms with Gasteiger partial charge in [-0.25, -0.2) is 13.2 Å². The van der Waals surface area contributed by atoms with Crippen molar-refractivity contribution in [2.75, 3.05) is 23.7 Å². The van der Waals surface area contributed by atoms with Gasteiger partial charge in [0.15, 0.2) is 15.6 Å². The second-order valence-electron chi connectivity index (χ2n) is 6.45. The van der Waals surface area contributed by atoms with Gasteiger partial charge in [-0.2, -0.15) is 0 Å². The molecule has 0 unspecified atom stereocenters. The van der Waals surface area contributed by atoms with Crippen LogP contribution in [0.4, 0.5) is 16.2 Å². The van der Waals surface area contributed by atoms with Crippen LogP contribution in [-0.2, 0) is 9.84 Å². The van der Waals surface area contributed by atoms with E-state index in [1.165, 1.54) is 12.1 Å². The monoisotopic (exact) mass is 477 g/mol. The van der Waals surface area contributed by atoms with E-state index < -0.39 is 26.9 Å². The smallest absolute Gasteiger partial charge is 0.323 e. The Balaban J connectivity index is 1.87. The molecule has 1 aliphatic rings. The topological polar surface area (TPSA) is 108 Å². The quantitative estimate of drug-likeness (QED) is 0.483. The summed E-state index contributed by atoms with van der Waals surface area (Å²) in [5.41, 5.74) is 0.158. The molecule has 1 fully saturated rings. The summed E-state index contributed by atoms with van der Waals surface area (Å²) in [4.78, 5) is 11.9. The number of urea groups is 1. The Morgan fingerprint density at radius 1 is 1.00 bits per heavy atom. The third kappa shape index (κ3) is 4.73. The highest BCUT2D eigenvalue weighted by Gasteiger charge is 2.34. The first-order valence-corrected chi connectivity index (χ1v) is 11.4. The van der Waals surface area contributed by atoms with Crippen molar-refractivity contribution < 1.29 is 18.3 Å². The minimum atomic E-state index is -3.89. The number of amides is 2. The van der Waals surface area contributed by atoms with Crippen molar-refractivity contribution in [3.8, 4) is 5.75 Å². The van der Waals surface area contributed by atoms with E-state index in [1.54, 1.807) is 18.2 Å². The van der Waals surface area contributed by atoms with Gasteiger partial charge in [0, 0.05) is 0 Å². The molecule has 1 saturated heterocycles. The number of nitrogens with one attached hydrogen (secondary N) is 3. The maximum Gasteiger partial charge on any atom is 0.323 e. The van der Waals surface area contributed by atoms with E-state index in [2.05, 4.69) is 16.0 Å². The van der Waals surface area contributed by atoms with Gasteiger partial charge in [-0.05, 0) is 50.2 Å². The first kappa shape index (κ1) is 22.0. The fourth-order valence-electron chi connectivity index (χ4n) is 3.07. The van der Waals surface area contributed by atoms with Gasteiger partial charge in [0.1, 0.15) is 4.90 Å². The first-order chi connectivity index (χ1) is 13.7. The Morgan fingerprint density at radius 3 is 2.34 bits per heavy atom. The van der Waals surface area contributed by atoms with Crippen molar-refractivity contribution in [1.82, 2.24) is 5.32 Å². The molecule has 1 heterocycles. The minimum absolute atomic E-state index is 0.0995. The van der Waals surface area contributed by atoms with Crippen LogP contribution in [0.1, 0.15) is 12.8 Å². The summed E-state index contributed by atoms with van der Waals surface area (Å²) in [5, 5.41) is 18.2. The number of carbonyl (C=O) groups is 1. The van der Waals surface area contributed by atoms with Crippen molar-refractivity contribution >= 4 is 62.0 Å². The second kappa shape index (κ2) is 8.97. The third-order valence-corrected chi connectivity index (χ3v) is 8.12. The fourth-order valence-corrected chi connectivity index (χ4v) is 5.80. The summed E-state index contributed by atoms with van der Waals surface area (Å²) in [6.45, 7) is 1.12. The number of hydrogen-bond donors (Lipinski definition) is 4. The summed E-state index contributed by atoms with van der Waals surface area (Å²) in [6, 6.07) is 6.61. The van der Waals surface area contributed by atoms with Crippen molar-refractivity contribution in [3.63, 3.8) is 0 Å². The molecule has 156 valence electrons. The molecule has 0 aromatic heterocycles. The minimum Gasteiger partial charge on any atom is -0.504 e. The molecule has 0 atom stereocenters. The highest BCUT2D eigenvalue weighted by molar-refractivity contribution is 7.92. The van der Waals surface area contributed by atoms with Gasteiger partial charge in [0.2, 0.25) is 0 Å². The molecule has 7 nitrogen and oxygen atoms in total. The summed E-state index contributed by atoms with van der Waals surface area (Å²) in [7, 11) is -3.89. The molecule has 0 radical (unpaired) electrons. The van der Waals surface area contributed by atoms with E-state index in [0.717, 1.165) is 0 Å². The van der Waals surface area contributed by atoms with Gasteiger partial charge < -0.3 is 21.1 Å². The number of carbonyl (C=O) groups excluding carboxylic acids is 1. The number of piperidine rings is 1. The Bertz CT molecular complexity index is 1040. The molecule has 2 amide bonds. The van der Waals surface area contributed by atoms with Gasteiger partial charge in [0.05, 0.1) is 31.7 Å². The normalized spacial score (nSPS) is 15.1. The van der Waals surface area contributed by atoms with Gasteiger partial charge >= 0.3 is 6.03 Å². The maximum atomic E-state index is 13.0. The molecule has 29 heavy (non-hydrogen) atoms. The zero-order valence-corrected chi connectivity index (χ0v) is 18.1. The van der Waals surface area contributed by atoms with E-state index in [0.29, 0.717) is 25.9 Å². The van der Waals surface area contributed by atoms with Crippen LogP contribution in [0.3, 0.4) is 0 Å². The fraction of sp³-hybridized carbons (Fsp3) is 0.278. The highest BCUT2D eigenvalue weighted by Crippen LogP contribution is 2.40. The average Bonchev–Trinajstić information content (AvgIpc) is 2.68. The lowest BCUT2D eigenvalue weighted by Gasteiger charge is -2.24. The number of aromatic hydroxyl groups is 1. The molecule has 3 rings (SSSR count). The summed E-state index contributed by atoms with van der Waals surface area (Å²) < 4.78 is 26.0. The molecule has 0 aliphatic carbocycles. The molecule has 0 saturated carbocycles. The van der Waals surface area contributed by atoms with Gasteiger partial charge in [-0.3, -0.25) is 0 Å². The summed E-state index contributed by atoms with van der Waals surface area (Å²) >= 11 is 18.0. The van der Waals surface area contributed by atoms with Crippen LogP contribution in [0.2, 0.25) is 15.1 Å². The Hall–Kier alpha value is -1.71. The van der Waals surface area contributed by atoms with Gasteiger partial charge in [-0.1, -0.05) is 40.9 Å². The second-order valence-corrected chi connectivity index (χ2v) is 9.80. The van der Waals surface area contributed by atoms with Crippen LogP contribution in [0.25, 0.3) is 0 Å². The predicted molar refractivity (Wildman–Crippen MR) is 115 cm³/mol. The molecule has 2 aromatic carbocycles. The SMILES string of the molecule is O=C(Nc1ccc(Cl)c(S(=O)(=O)C2CCNCC2)c1O)Nc1cccc(Cl)c1Cl. The van der Waals surface area contributed by atoms with E-state index >= 15 is 0 Å². The molecule has 11 heteroatoms. The number of hydrogen-bond acceptors (Lipinski definition) is 5. The van der Waals surface area contributed by atoms with Gasteiger partial charge in [0.25, 0.3) is 0 Å². The summed E-state index contributed by atoms with van der Waals surface area (Å²) in [5.74, 6) is -0.608. The molecule has 0 spiro atoms. The van der Waals surface area contributed by atoms with Crippen molar-refractivity contribution in [3.05, 3.63) is 45.4 Å². The lowest BCUT2D eigenvalue weighted by atomic mass is 10.2. The van der Waals surface area contributed by atoms with Crippen LogP contribution in [0.15, 0.2) is 35.2 Å². The molecule has 2 aromatic rings. The lowest BCUT2D eigenvalue weighted by Crippen LogP contribution is -2.36. The van der Waals surface area contributed by atoms with Crippen LogP contribution in [0.5, 0.6) is 5.75 Å². The highest BCUT2D eigenvalue weighted by atomic mass is 35.5. The molecule has 0 bridgehead atoms. The van der Waals surface area contributed by atoms with Gasteiger partial charge in [-0.15, -0.1) is 0 Å². The number of benzene rings is 2. The zero-order chi connectivity index (χ0) is 21.2. The van der Waals surface area contributed by atoms with Crippen LogP contribution in [-0.4, -0.2) is 37.9 Å². The van der Waals surface area contributed by atoms with E-state index in [1.807, 2.05) is 0 Å². The third-order valence-electron chi connectivity index (χ3n) is 4.54. The number of sulfone groups is 1. The molecular formula is C18H18Cl3N3O4S. The van der Waals surface area contributed by atoms with Crippen LogP contribution in [0, 0.1) is 0 Å². The lowest BCUT2D eigenvalue weighted by molar-refractivity contribution is 0.262. The molecular weight excluding hydrogens is 461 g/mol. The average molecular weight is 479 g/mol. The maximum absolute atomic E-state index is 13.0. The standard InChI is InChI=1S/C18H18Cl3N3O4S/c19-11-2-1-3-13(15(11)21)23-18(26)24-14-5-4-12(20)17(16(14)25)29(27,28)10-6-8-22-9-7-10/h1-5,10,22,25H,6-9H2,(H2,23,24,26). The van der Waals surface area contributed by atoms with Crippen LogP contribution < -0.4 is 16.0 Å². The van der Waals surface area contributed by atoms with Crippen molar-refractivity contribution in [1.29, 1.82) is 0 Å². The summed E-state index contributed by atoms with van der Waals surface area (Å²) in [6.07, 6.45) is 0.813. The Morgan fingerprint density at radius 2 is 1.66 bits per heavy atom. The molecule has 1 aliphatic heterocycles. The first-order valence-electron chi connectivity index (χ1n) is 8.70. The predicted octanol–water partition coefficient (Wildman–Crippen LogP) is 4.52. The number of anilines is 2. The van der Waals surface area contributed by atoms with Crippen molar-refractivity contribution in [2.45, 2.75) is 23.0 Å². The number of rotatable bonds is 4. The van der Waals surface area contributed by atoms with Crippen LogP contribution >= 0.6 is 34.8 Å².